The number of carbonyl (C=O) groups is 1. The van der Waals surface area contributed by atoms with Gasteiger partial charge in [-0.2, -0.15) is 0 Å². The van der Waals surface area contributed by atoms with Crippen LogP contribution in [0.3, 0.4) is 0 Å². The van der Waals surface area contributed by atoms with E-state index in [2.05, 4.69) is 5.32 Å². The van der Waals surface area contributed by atoms with Gasteiger partial charge in [0.1, 0.15) is 17.3 Å². The summed E-state index contributed by atoms with van der Waals surface area (Å²) < 4.78 is 27.3. The Balaban J connectivity index is 2.20. The van der Waals surface area contributed by atoms with E-state index in [1.807, 2.05) is 0 Å². The first-order valence-corrected chi connectivity index (χ1v) is 6.06. The number of aromatic carboxylic acids is 1. The lowest BCUT2D eigenvalue weighted by Crippen LogP contribution is -2.06. The highest BCUT2D eigenvalue weighted by Gasteiger charge is 2.14. The minimum atomic E-state index is -1.39. The molecule has 0 radical (unpaired) electrons. The third-order valence-electron chi connectivity index (χ3n) is 2.65. The van der Waals surface area contributed by atoms with E-state index in [1.54, 1.807) is 24.3 Å². The maximum Gasteiger partial charge on any atom is 0.335 e. The number of hydrogen-bond acceptors (Lipinski definition) is 2. The van der Waals surface area contributed by atoms with Crippen LogP contribution >= 0.6 is 11.6 Å². The number of anilines is 1. The summed E-state index contributed by atoms with van der Waals surface area (Å²) in [6.07, 6.45) is 0. The SMILES string of the molecule is O=C(O)c1cc(F)c(NCc2cccc(Cl)c2)c(F)c1. The van der Waals surface area contributed by atoms with Crippen molar-refractivity contribution < 1.29 is 18.7 Å². The Morgan fingerprint density at radius 3 is 2.40 bits per heavy atom. The van der Waals surface area contributed by atoms with E-state index < -0.39 is 23.2 Å². The highest BCUT2D eigenvalue weighted by Crippen LogP contribution is 2.22. The second-order valence-corrected chi connectivity index (χ2v) is 4.54. The Bertz CT molecular complexity index is 638. The smallest absolute Gasteiger partial charge is 0.335 e. The molecule has 6 heteroatoms. The summed E-state index contributed by atoms with van der Waals surface area (Å²) in [4.78, 5) is 10.7. The normalized spacial score (nSPS) is 10.3. The topological polar surface area (TPSA) is 49.3 Å². The molecule has 20 heavy (non-hydrogen) atoms. The standard InChI is InChI=1S/C14H10ClF2NO2/c15-10-3-1-2-8(4-10)7-18-13-11(16)5-9(14(19)20)6-12(13)17/h1-6,18H,7H2,(H,19,20). The van der Waals surface area contributed by atoms with Gasteiger partial charge in [-0.3, -0.25) is 0 Å². The van der Waals surface area contributed by atoms with Gasteiger partial charge in [0.2, 0.25) is 0 Å². The molecule has 2 aromatic carbocycles. The van der Waals surface area contributed by atoms with Gasteiger partial charge in [-0.15, -0.1) is 0 Å². The van der Waals surface area contributed by atoms with E-state index in [-0.39, 0.29) is 12.2 Å². The van der Waals surface area contributed by atoms with Gasteiger partial charge in [0, 0.05) is 11.6 Å². The van der Waals surface area contributed by atoms with Crippen LogP contribution in [0.15, 0.2) is 36.4 Å². The third kappa shape index (κ3) is 3.24. The van der Waals surface area contributed by atoms with Crippen LogP contribution in [0.1, 0.15) is 15.9 Å². The molecule has 0 amide bonds. The number of benzene rings is 2. The van der Waals surface area contributed by atoms with Gasteiger partial charge < -0.3 is 10.4 Å². The number of halogens is 3. The first kappa shape index (κ1) is 14.3. The molecule has 2 aromatic rings. The van der Waals surface area contributed by atoms with Gasteiger partial charge in [-0.25, -0.2) is 13.6 Å². The Morgan fingerprint density at radius 2 is 1.85 bits per heavy atom. The Labute approximate surface area is 118 Å². The van der Waals surface area contributed by atoms with Crippen LogP contribution in [-0.2, 0) is 6.54 Å². The molecule has 0 saturated carbocycles. The summed E-state index contributed by atoms with van der Waals surface area (Å²) in [7, 11) is 0. The average Bonchev–Trinajstić information content (AvgIpc) is 2.37. The van der Waals surface area contributed by atoms with Gasteiger partial charge in [-0.05, 0) is 29.8 Å². The molecular weight excluding hydrogens is 288 g/mol. The van der Waals surface area contributed by atoms with Crippen LogP contribution in [0.4, 0.5) is 14.5 Å². The lowest BCUT2D eigenvalue weighted by molar-refractivity contribution is 0.0696. The van der Waals surface area contributed by atoms with Crippen molar-refractivity contribution in [3.05, 3.63) is 64.2 Å². The fourth-order valence-electron chi connectivity index (χ4n) is 1.70. The fraction of sp³-hybridized carbons (Fsp3) is 0.0714. The molecule has 0 fully saturated rings. The highest BCUT2D eigenvalue weighted by molar-refractivity contribution is 6.30. The molecule has 3 nitrogen and oxygen atoms in total. The molecule has 0 aromatic heterocycles. The second kappa shape index (κ2) is 5.88. The van der Waals surface area contributed by atoms with Crippen molar-refractivity contribution in [3.8, 4) is 0 Å². The van der Waals surface area contributed by atoms with Gasteiger partial charge in [0.15, 0.2) is 0 Å². The van der Waals surface area contributed by atoms with Gasteiger partial charge in [-0.1, -0.05) is 23.7 Å². The summed E-state index contributed by atoms with van der Waals surface area (Å²) in [6.45, 7) is 0.167. The molecule has 0 unspecified atom stereocenters. The number of carboxylic acid groups (broad SMARTS) is 1. The lowest BCUT2D eigenvalue weighted by atomic mass is 10.1. The van der Waals surface area contributed by atoms with Crippen LogP contribution in [0.2, 0.25) is 5.02 Å². The Kier molecular flexibility index (Phi) is 4.20. The maximum absolute atomic E-state index is 13.7. The minimum absolute atomic E-state index is 0.167. The Morgan fingerprint density at radius 1 is 1.20 bits per heavy atom. The van der Waals surface area contributed by atoms with Gasteiger partial charge in [0.25, 0.3) is 0 Å². The highest BCUT2D eigenvalue weighted by atomic mass is 35.5. The quantitative estimate of drug-likeness (QED) is 0.899. The van der Waals surface area contributed by atoms with Crippen LogP contribution in [-0.4, -0.2) is 11.1 Å². The molecule has 0 atom stereocenters. The third-order valence-corrected chi connectivity index (χ3v) is 2.88. The summed E-state index contributed by atoms with van der Waals surface area (Å²) >= 11 is 5.80. The van der Waals surface area contributed by atoms with Crippen LogP contribution in [0.25, 0.3) is 0 Å². The first-order chi connectivity index (χ1) is 9.47. The number of rotatable bonds is 4. The molecule has 0 heterocycles. The summed E-state index contributed by atoms with van der Waals surface area (Å²) in [6, 6.07) is 8.36. The molecule has 0 bridgehead atoms. The van der Waals surface area contributed by atoms with E-state index in [4.69, 9.17) is 16.7 Å². The van der Waals surface area contributed by atoms with Crippen LogP contribution in [0, 0.1) is 11.6 Å². The van der Waals surface area contributed by atoms with E-state index in [0.717, 1.165) is 17.7 Å². The molecule has 0 aliphatic heterocycles. The maximum atomic E-state index is 13.7. The summed E-state index contributed by atoms with van der Waals surface area (Å²) in [5.74, 6) is -3.29. The van der Waals surface area contributed by atoms with E-state index in [9.17, 15) is 13.6 Å². The number of nitrogens with one attached hydrogen (secondary N) is 1. The van der Waals surface area contributed by atoms with E-state index in [0.29, 0.717) is 5.02 Å². The zero-order chi connectivity index (χ0) is 14.7. The average molecular weight is 298 g/mol. The predicted molar refractivity (Wildman–Crippen MR) is 72.1 cm³/mol. The Hall–Kier alpha value is -2.14. The van der Waals surface area contributed by atoms with Crippen molar-refractivity contribution in [1.29, 1.82) is 0 Å². The number of carboxylic acids is 1. The van der Waals surface area contributed by atoms with Gasteiger partial charge in [0.05, 0.1) is 5.56 Å². The molecule has 0 aliphatic rings. The molecular formula is C14H10ClF2NO2. The molecule has 2 rings (SSSR count). The summed E-state index contributed by atoms with van der Waals surface area (Å²) in [5.41, 5.74) is -0.0538. The molecule has 0 saturated heterocycles. The summed E-state index contributed by atoms with van der Waals surface area (Å²) in [5, 5.41) is 11.8. The fourth-order valence-corrected chi connectivity index (χ4v) is 1.92. The molecule has 104 valence electrons. The van der Waals surface area contributed by atoms with E-state index in [1.165, 1.54) is 0 Å². The van der Waals surface area contributed by atoms with Crippen molar-refractivity contribution in [2.75, 3.05) is 5.32 Å². The zero-order valence-electron chi connectivity index (χ0n) is 10.2. The molecule has 0 aliphatic carbocycles. The van der Waals surface area contributed by atoms with Crippen molar-refractivity contribution in [2.45, 2.75) is 6.54 Å². The minimum Gasteiger partial charge on any atom is -0.478 e. The van der Waals surface area contributed by atoms with Crippen LogP contribution in [0.5, 0.6) is 0 Å². The largest absolute Gasteiger partial charge is 0.478 e. The van der Waals surface area contributed by atoms with Crippen molar-refractivity contribution >= 4 is 23.3 Å². The monoisotopic (exact) mass is 297 g/mol. The molecule has 2 N–H and O–H groups in total. The van der Waals surface area contributed by atoms with Crippen molar-refractivity contribution in [3.63, 3.8) is 0 Å². The number of hydrogen-bond donors (Lipinski definition) is 2. The molecule has 0 spiro atoms. The van der Waals surface area contributed by atoms with Crippen LogP contribution < -0.4 is 5.32 Å². The zero-order valence-corrected chi connectivity index (χ0v) is 10.9. The van der Waals surface area contributed by atoms with Crippen molar-refractivity contribution in [2.24, 2.45) is 0 Å². The van der Waals surface area contributed by atoms with Gasteiger partial charge >= 0.3 is 5.97 Å². The van der Waals surface area contributed by atoms with E-state index >= 15 is 0 Å². The lowest BCUT2D eigenvalue weighted by Gasteiger charge is -2.10. The first-order valence-electron chi connectivity index (χ1n) is 5.68. The predicted octanol–water partition coefficient (Wildman–Crippen LogP) is 3.93. The second-order valence-electron chi connectivity index (χ2n) is 4.10. The van der Waals surface area contributed by atoms with Crippen molar-refractivity contribution in [1.82, 2.24) is 0 Å².